The molecule has 196 valence electrons. The lowest BCUT2D eigenvalue weighted by molar-refractivity contribution is -0.229. The molecule has 4 nitrogen and oxygen atoms in total. The van der Waals surface area contributed by atoms with E-state index in [1.807, 2.05) is 0 Å². The molecule has 5 aliphatic rings. The predicted molar refractivity (Wildman–Crippen MR) is 141 cm³/mol. The number of oxime groups is 1. The van der Waals surface area contributed by atoms with Gasteiger partial charge in [-0.05, 0) is 117 Å². The molecule has 0 aromatic carbocycles. The van der Waals surface area contributed by atoms with Crippen molar-refractivity contribution in [3.05, 3.63) is 24.5 Å². The Bertz CT molecular complexity index is 957. The Labute approximate surface area is 213 Å². The Balaban J connectivity index is 1.57. The normalized spacial score (nSPS) is 54.3. The van der Waals surface area contributed by atoms with Crippen molar-refractivity contribution in [3.63, 3.8) is 0 Å². The minimum absolute atomic E-state index is 0.0550. The Kier molecular flexibility index (Phi) is 5.69. The fourth-order valence-electron chi connectivity index (χ4n) is 11.6. The van der Waals surface area contributed by atoms with E-state index in [1.165, 1.54) is 18.4 Å². The number of hydrogen-bond acceptors (Lipinski definition) is 4. The second-order valence-corrected chi connectivity index (χ2v) is 14.4. The molecular formula is C31H49NO3. The average Bonchev–Trinajstić information content (AvgIpc) is 3.21. The fraction of sp³-hybridized carbons (Fsp3) is 0.839. The molecule has 0 aliphatic heterocycles. The van der Waals surface area contributed by atoms with Gasteiger partial charge in [0, 0.05) is 10.8 Å². The van der Waals surface area contributed by atoms with E-state index in [9.17, 15) is 15.4 Å². The van der Waals surface area contributed by atoms with Crippen molar-refractivity contribution in [2.24, 2.45) is 61.8 Å². The summed E-state index contributed by atoms with van der Waals surface area (Å²) < 4.78 is 0. The number of allylic oxidation sites excluding steroid dienone is 2. The maximum Gasteiger partial charge on any atom is 0.0915 e. The molecule has 5 fully saturated rings. The van der Waals surface area contributed by atoms with Gasteiger partial charge >= 0.3 is 0 Å². The third kappa shape index (κ3) is 2.92. The van der Waals surface area contributed by atoms with Gasteiger partial charge in [-0.2, -0.15) is 0 Å². The SMILES string of the molecule is C=C(C)C1CC[C@]2(C(=C)O)CC[C@]3(C)C(CCC4[C@@]5(C)CC/C(=N\O)[C@@](C)(CO)[C@@H]5CC[C@]43C)C12. The van der Waals surface area contributed by atoms with Crippen LogP contribution in [0.25, 0.3) is 0 Å². The van der Waals surface area contributed by atoms with Crippen molar-refractivity contribution in [3.8, 4) is 0 Å². The minimum Gasteiger partial charge on any atom is -0.512 e. The molecule has 5 saturated carbocycles. The van der Waals surface area contributed by atoms with E-state index in [4.69, 9.17) is 0 Å². The number of rotatable bonds is 3. The second kappa shape index (κ2) is 7.85. The predicted octanol–water partition coefficient (Wildman–Crippen LogP) is 7.52. The summed E-state index contributed by atoms with van der Waals surface area (Å²) in [6.45, 7) is 20.6. The van der Waals surface area contributed by atoms with Crippen LogP contribution >= 0.6 is 0 Å². The first-order valence-corrected chi connectivity index (χ1v) is 14.2. The average molecular weight is 484 g/mol. The van der Waals surface area contributed by atoms with E-state index in [0.717, 1.165) is 57.1 Å². The van der Waals surface area contributed by atoms with Crippen LogP contribution in [0.1, 0.15) is 98.8 Å². The summed E-state index contributed by atoms with van der Waals surface area (Å²) in [5, 5.41) is 35.0. The third-order valence-corrected chi connectivity index (χ3v) is 13.7. The van der Waals surface area contributed by atoms with Gasteiger partial charge in [0.25, 0.3) is 0 Å². The molecule has 4 unspecified atom stereocenters. The molecule has 10 atom stereocenters. The third-order valence-electron chi connectivity index (χ3n) is 13.7. The molecule has 3 N–H and O–H groups in total. The van der Waals surface area contributed by atoms with Crippen LogP contribution in [0.15, 0.2) is 29.6 Å². The number of aliphatic hydroxyl groups is 2. The molecule has 4 heteroatoms. The molecule has 0 aromatic rings. The highest BCUT2D eigenvalue weighted by molar-refractivity contribution is 5.91. The zero-order chi connectivity index (χ0) is 25.6. The Morgan fingerprint density at radius 1 is 0.914 bits per heavy atom. The molecule has 0 radical (unpaired) electrons. The first-order chi connectivity index (χ1) is 16.4. The highest BCUT2D eigenvalue weighted by atomic mass is 16.4. The van der Waals surface area contributed by atoms with E-state index in [1.54, 1.807) is 0 Å². The molecule has 0 aromatic heterocycles. The van der Waals surface area contributed by atoms with Crippen molar-refractivity contribution in [2.45, 2.75) is 98.8 Å². The number of nitrogens with zero attached hydrogens (tertiary/aromatic N) is 1. The first kappa shape index (κ1) is 25.4. The Hall–Kier alpha value is -1.29. The van der Waals surface area contributed by atoms with Gasteiger partial charge in [-0.15, -0.1) is 0 Å². The van der Waals surface area contributed by atoms with Crippen LogP contribution in [0.3, 0.4) is 0 Å². The van der Waals surface area contributed by atoms with Gasteiger partial charge in [0.15, 0.2) is 0 Å². The van der Waals surface area contributed by atoms with Gasteiger partial charge in [-0.1, -0.05) is 51.6 Å². The Morgan fingerprint density at radius 2 is 1.63 bits per heavy atom. The number of fused-ring (bicyclic) bond motifs is 7. The zero-order valence-electron chi connectivity index (χ0n) is 22.9. The van der Waals surface area contributed by atoms with Gasteiger partial charge < -0.3 is 15.4 Å². The zero-order valence-corrected chi connectivity index (χ0v) is 22.9. The maximum absolute atomic E-state index is 11.0. The van der Waals surface area contributed by atoms with Gasteiger partial charge in [-0.3, -0.25) is 0 Å². The van der Waals surface area contributed by atoms with Crippen LogP contribution in [0.2, 0.25) is 0 Å². The van der Waals surface area contributed by atoms with Crippen LogP contribution in [0.4, 0.5) is 0 Å². The summed E-state index contributed by atoms with van der Waals surface area (Å²) in [6, 6.07) is 0. The topological polar surface area (TPSA) is 73.1 Å². The summed E-state index contributed by atoms with van der Waals surface area (Å²) >= 11 is 0. The standard InChI is InChI=1S/C31H49NO3/c1-19(2)21-10-15-31(20(3)34)17-16-29(6)22(26(21)31)8-9-24-27(4)13-12-25(32-35)28(5,18-33)23(27)11-14-30(24,29)7/h21-24,26,33-35H,1,3,8-18H2,2,4-7H3/b32-25+/t21?,22?,23-,24?,26?,27+,28+,29-,30-,31-/m1/s1. The monoisotopic (exact) mass is 483 g/mol. The summed E-state index contributed by atoms with van der Waals surface area (Å²) in [5.74, 6) is 2.86. The van der Waals surface area contributed by atoms with Crippen molar-refractivity contribution in [2.75, 3.05) is 6.61 Å². The summed E-state index contributed by atoms with van der Waals surface area (Å²) in [4.78, 5) is 0. The lowest BCUT2D eigenvalue weighted by atomic mass is 9.32. The van der Waals surface area contributed by atoms with Crippen LogP contribution in [0.5, 0.6) is 0 Å². The number of aliphatic hydroxyl groups excluding tert-OH is 2. The molecule has 0 heterocycles. The maximum atomic E-state index is 11.0. The quantitative estimate of drug-likeness (QED) is 0.168. The summed E-state index contributed by atoms with van der Waals surface area (Å²) in [6.07, 6.45) is 10.9. The Morgan fingerprint density at radius 3 is 2.23 bits per heavy atom. The van der Waals surface area contributed by atoms with Crippen LogP contribution in [0, 0.1) is 56.7 Å². The molecule has 0 spiro atoms. The van der Waals surface area contributed by atoms with Gasteiger partial charge in [0.1, 0.15) is 0 Å². The molecule has 0 amide bonds. The highest BCUT2D eigenvalue weighted by Gasteiger charge is 2.71. The van der Waals surface area contributed by atoms with Crippen LogP contribution in [-0.2, 0) is 0 Å². The van der Waals surface area contributed by atoms with Crippen molar-refractivity contribution in [1.82, 2.24) is 0 Å². The van der Waals surface area contributed by atoms with Gasteiger partial charge in [0.05, 0.1) is 18.1 Å². The van der Waals surface area contributed by atoms with Crippen molar-refractivity contribution >= 4 is 5.71 Å². The molecule has 0 bridgehead atoms. The van der Waals surface area contributed by atoms with Gasteiger partial charge in [0.2, 0.25) is 0 Å². The summed E-state index contributed by atoms with van der Waals surface area (Å²) in [5.41, 5.74) is 2.07. The smallest absolute Gasteiger partial charge is 0.0915 e. The molecule has 5 rings (SSSR count). The first-order valence-electron chi connectivity index (χ1n) is 14.2. The fourth-order valence-corrected chi connectivity index (χ4v) is 11.6. The second-order valence-electron chi connectivity index (χ2n) is 14.4. The van der Waals surface area contributed by atoms with Crippen LogP contribution < -0.4 is 0 Å². The van der Waals surface area contributed by atoms with E-state index >= 15 is 0 Å². The van der Waals surface area contributed by atoms with E-state index < -0.39 is 5.41 Å². The lowest BCUT2D eigenvalue weighted by Gasteiger charge is -2.72. The van der Waals surface area contributed by atoms with E-state index in [-0.39, 0.29) is 28.3 Å². The summed E-state index contributed by atoms with van der Waals surface area (Å²) in [7, 11) is 0. The van der Waals surface area contributed by atoms with E-state index in [2.05, 4.69) is 52.9 Å². The molecule has 35 heavy (non-hydrogen) atoms. The molecule has 5 aliphatic carbocycles. The van der Waals surface area contributed by atoms with Gasteiger partial charge in [-0.25, -0.2) is 0 Å². The minimum atomic E-state index is -0.437. The molecular weight excluding hydrogens is 434 g/mol. The van der Waals surface area contributed by atoms with Crippen LogP contribution in [-0.4, -0.2) is 27.7 Å². The lowest BCUT2D eigenvalue weighted by Crippen LogP contribution is -2.67. The largest absolute Gasteiger partial charge is 0.512 e. The van der Waals surface area contributed by atoms with Crippen molar-refractivity contribution < 1.29 is 15.4 Å². The van der Waals surface area contributed by atoms with E-state index in [0.29, 0.717) is 35.3 Å². The molecule has 0 saturated heterocycles. The van der Waals surface area contributed by atoms with Crippen molar-refractivity contribution in [1.29, 1.82) is 0 Å². The highest BCUT2D eigenvalue weighted by Crippen LogP contribution is 2.77. The number of hydrogen-bond donors (Lipinski definition) is 3.